The highest BCUT2D eigenvalue weighted by Gasteiger charge is 2.08. The monoisotopic (exact) mass is 292 g/mol. The van der Waals surface area contributed by atoms with Crippen LogP contribution in [0.5, 0.6) is 0 Å². The fourth-order valence-corrected chi connectivity index (χ4v) is 3.03. The second-order valence-electron chi connectivity index (χ2n) is 4.17. The van der Waals surface area contributed by atoms with E-state index in [9.17, 15) is 4.79 Å². The number of thioether (sulfide) groups is 1. The molecule has 1 N–H and O–H groups in total. The summed E-state index contributed by atoms with van der Waals surface area (Å²) in [5.41, 5.74) is 2.39. The minimum Gasteiger partial charge on any atom is -0.478 e. The van der Waals surface area contributed by atoms with Gasteiger partial charge >= 0.3 is 5.97 Å². The third kappa shape index (κ3) is 3.52. The molecule has 0 aliphatic heterocycles. The van der Waals surface area contributed by atoms with Crippen LogP contribution < -0.4 is 0 Å². The molecule has 0 aliphatic carbocycles. The van der Waals surface area contributed by atoms with Crippen molar-refractivity contribution in [2.75, 3.05) is 0 Å². The van der Waals surface area contributed by atoms with Crippen LogP contribution in [0.15, 0.2) is 47.4 Å². The number of carboxylic acids is 1. The largest absolute Gasteiger partial charge is 0.478 e. The maximum absolute atomic E-state index is 10.8. The Labute approximate surface area is 121 Å². The van der Waals surface area contributed by atoms with Crippen molar-refractivity contribution in [1.82, 2.24) is 0 Å². The van der Waals surface area contributed by atoms with Crippen molar-refractivity contribution in [2.24, 2.45) is 0 Å². The van der Waals surface area contributed by atoms with E-state index in [1.807, 2.05) is 12.1 Å². The van der Waals surface area contributed by atoms with E-state index in [0.29, 0.717) is 5.02 Å². The van der Waals surface area contributed by atoms with Crippen LogP contribution in [0, 0.1) is 6.92 Å². The lowest BCUT2D eigenvalue weighted by molar-refractivity contribution is 0.0697. The molecule has 2 rings (SSSR count). The number of carbonyl (C=O) groups is 1. The molecule has 19 heavy (non-hydrogen) atoms. The summed E-state index contributed by atoms with van der Waals surface area (Å²) in [7, 11) is 0. The van der Waals surface area contributed by atoms with Gasteiger partial charge in [0.1, 0.15) is 0 Å². The summed E-state index contributed by atoms with van der Waals surface area (Å²) in [6.07, 6.45) is 0. The highest BCUT2D eigenvalue weighted by molar-refractivity contribution is 7.98. The summed E-state index contributed by atoms with van der Waals surface area (Å²) in [4.78, 5) is 12.0. The van der Waals surface area contributed by atoms with E-state index in [4.69, 9.17) is 16.7 Å². The second-order valence-corrected chi connectivity index (χ2v) is 5.59. The van der Waals surface area contributed by atoms with Crippen LogP contribution in [0.25, 0.3) is 0 Å². The zero-order valence-corrected chi connectivity index (χ0v) is 12.0. The van der Waals surface area contributed by atoms with E-state index in [2.05, 4.69) is 19.1 Å². The van der Waals surface area contributed by atoms with Gasteiger partial charge in [0.05, 0.1) is 5.56 Å². The van der Waals surface area contributed by atoms with E-state index in [0.717, 1.165) is 11.3 Å². The van der Waals surface area contributed by atoms with Crippen LogP contribution >= 0.6 is 23.4 Å². The number of hydrogen-bond acceptors (Lipinski definition) is 2. The smallest absolute Gasteiger partial charge is 0.335 e. The van der Waals surface area contributed by atoms with Gasteiger partial charge in [0.25, 0.3) is 0 Å². The quantitative estimate of drug-likeness (QED) is 0.834. The van der Waals surface area contributed by atoms with Gasteiger partial charge in [0, 0.05) is 15.7 Å². The van der Waals surface area contributed by atoms with Gasteiger partial charge in [-0.05, 0) is 36.2 Å². The average Bonchev–Trinajstić information content (AvgIpc) is 2.39. The number of aromatic carboxylic acids is 1. The number of hydrogen-bond donors (Lipinski definition) is 1. The van der Waals surface area contributed by atoms with E-state index >= 15 is 0 Å². The second kappa shape index (κ2) is 6.13. The highest BCUT2D eigenvalue weighted by atomic mass is 35.5. The third-order valence-electron chi connectivity index (χ3n) is 2.78. The van der Waals surface area contributed by atoms with E-state index in [1.54, 1.807) is 23.9 Å². The Balaban J connectivity index is 2.12. The Hall–Kier alpha value is -1.45. The molecule has 0 radical (unpaired) electrons. The lowest BCUT2D eigenvalue weighted by Crippen LogP contribution is -1.96. The normalized spacial score (nSPS) is 10.4. The molecular formula is C15H13ClO2S. The van der Waals surface area contributed by atoms with Crippen LogP contribution in [0.4, 0.5) is 0 Å². The predicted octanol–water partition coefficient (Wildman–Crippen LogP) is 4.64. The number of carboxylic acid groups (broad SMARTS) is 1. The summed E-state index contributed by atoms with van der Waals surface area (Å²) in [5.74, 6) is -0.233. The van der Waals surface area contributed by atoms with Crippen molar-refractivity contribution in [2.45, 2.75) is 17.6 Å². The third-order valence-corrected chi connectivity index (χ3v) is 4.35. The van der Waals surface area contributed by atoms with Gasteiger partial charge in [0.15, 0.2) is 0 Å². The van der Waals surface area contributed by atoms with Crippen molar-refractivity contribution >= 4 is 29.3 Å². The minimum absolute atomic E-state index is 0.217. The molecule has 0 heterocycles. The fraction of sp³-hybridized carbons (Fsp3) is 0.133. The summed E-state index contributed by atoms with van der Waals surface area (Å²) in [6, 6.07) is 13.0. The molecule has 2 aromatic rings. The first-order valence-corrected chi connectivity index (χ1v) is 7.14. The van der Waals surface area contributed by atoms with E-state index < -0.39 is 5.97 Å². The van der Waals surface area contributed by atoms with Gasteiger partial charge in [0.2, 0.25) is 0 Å². The summed E-state index contributed by atoms with van der Waals surface area (Å²) >= 11 is 7.80. The Morgan fingerprint density at radius 2 is 2.00 bits per heavy atom. The molecule has 0 fully saturated rings. The number of aryl methyl sites for hydroxylation is 1. The molecule has 4 heteroatoms. The first-order chi connectivity index (χ1) is 9.08. The van der Waals surface area contributed by atoms with Crippen LogP contribution in [-0.4, -0.2) is 11.1 Å². The first-order valence-electron chi connectivity index (χ1n) is 5.78. The molecule has 98 valence electrons. The number of benzene rings is 2. The van der Waals surface area contributed by atoms with Gasteiger partial charge in [-0.15, -0.1) is 11.8 Å². The topological polar surface area (TPSA) is 37.3 Å². The van der Waals surface area contributed by atoms with Crippen LogP contribution in [0.2, 0.25) is 5.02 Å². The zero-order chi connectivity index (χ0) is 13.8. The first kappa shape index (κ1) is 14.0. The molecule has 0 amide bonds. The maximum atomic E-state index is 10.8. The van der Waals surface area contributed by atoms with Gasteiger partial charge < -0.3 is 5.11 Å². The van der Waals surface area contributed by atoms with Gasteiger partial charge in [-0.1, -0.05) is 35.9 Å². The van der Waals surface area contributed by atoms with Gasteiger partial charge in [-0.25, -0.2) is 4.79 Å². The van der Waals surface area contributed by atoms with E-state index in [-0.39, 0.29) is 5.56 Å². The highest BCUT2D eigenvalue weighted by Crippen LogP contribution is 2.29. The molecule has 2 nitrogen and oxygen atoms in total. The molecular weight excluding hydrogens is 280 g/mol. The molecule has 0 aromatic heterocycles. The Kier molecular flexibility index (Phi) is 4.51. The summed E-state index contributed by atoms with van der Waals surface area (Å²) in [5, 5.41) is 9.38. The van der Waals surface area contributed by atoms with Crippen molar-refractivity contribution in [1.29, 1.82) is 0 Å². The van der Waals surface area contributed by atoms with Crippen molar-refractivity contribution in [3.8, 4) is 0 Å². The molecule has 0 atom stereocenters. The molecule has 2 aromatic carbocycles. The average molecular weight is 293 g/mol. The van der Waals surface area contributed by atoms with Gasteiger partial charge in [-0.3, -0.25) is 0 Å². The van der Waals surface area contributed by atoms with Crippen molar-refractivity contribution in [3.05, 3.63) is 64.2 Å². The maximum Gasteiger partial charge on any atom is 0.335 e. The Morgan fingerprint density at radius 3 is 2.63 bits per heavy atom. The minimum atomic E-state index is -0.958. The van der Waals surface area contributed by atoms with Crippen LogP contribution in [0.1, 0.15) is 21.5 Å². The van der Waals surface area contributed by atoms with E-state index in [1.165, 1.54) is 16.5 Å². The Bertz CT molecular complexity index is 611. The SMILES string of the molecule is Cc1ccccc1SCc1ccc(C(=O)O)cc1Cl. The lowest BCUT2D eigenvalue weighted by atomic mass is 10.1. The standard InChI is InChI=1S/C15H13ClO2S/c1-10-4-2-3-5-14(10)19-9-12-7-6-11(15(17)18)8-13(12)16/h2-8H,9H2,1H3,(H,17,18). The molecule has 0 saturated carbocycles. The number of halogens is 1. The van der Waals surface area contributed by atoms with Crippen molar-refractivity contribution in [3.63, 3.8) is 0 Å². The van der Waals surface area contributed by atoms with Gasteiger partial charge in [-0.2, -0.15) is 0 Å². The molecule has 0 bridgehead atoms. The lowest BCUT2D eigenvalue weighted by Gasteiger charge is -2.07. The molecule has 0 aliphatic rings. The van der Waals surface area contributed by atoms with Crippen molar-refractivity contribution < 1.29 is 9.90 Å². The number of rotatable bonds is 4. The van der Waals surface area contributed by atoms with Crippen LogP contribution in [0.3, 0.4) is 0 Å². The molecule has 0 saturated heterocycles. The zero-order valence-electron chi connectivity index (χ0n) is 10.4. The Morgan fingerprint density at radius 1 is 1.26 bits per heavy atom. The van der Waals surface area contributed by atoms with Crippen LogP contribution in [-0.2, 0) is 5.75 Å². The molecule has 0 spiro atoms. The summed E-state index contributed by atoms with van der Waals surface area (Å²) in [6.45, 7) is 2.07. The molecule has 0 unspecified atom stereocenters. The fourth-order valence-electron chi connectivity index (χ4n) is 1.67. The predicted molar refractivity (Wildman–Crippen MR) is 79.2 cm³/mol. The summed E-state index contributed by atoms with van der Waals surface area (Å²) < 4.78 is 0.